The van der Waals surface area contributed by atoms with Crippen molar-refractivity contribution >= 4 is 5.91 Å². The largest absolute Gasteiger partial charge is 0.396 e. The third-order valence-electron chi connectivity index (χ3n) is 6.78. The highest BCUT2D eigenvalue weighted by molar-refractivity contribution is 5.73. The number of carbonyl (C=O) groups is 1. The molecule has 0 spiro atoms. The van der Waals surface area contributed by atoms with E-state index >= 15 is 0 Å². The molecule has 2 aliphatic carbocycles. The monoisotopic (exact) mass is 388 g/mol. The van der Waals surface area contributed by atoms with E-state index in [0.717, 1.165) is 43.9 Å². The summed E-state index contributed by atoms with van der Waals surface area (Å²) in [4.78, 5) is 22.6. The van der Waals surface area contributed by atoms with Gasteiger partial charge in [-0.3, -0.25) is 4.79 Å². The van der Waals surface area contributed by atoms with Gasteiger partial charge in [-0.25, -0.2) is 9.97 Å². The minimum atomic E-state index is -0.491. The Morgan fingerprint density at radius 1 is 1.25 bits per heavy atom. The van der Waals surface area contributed by atoms with Crippen LogP contribution in [0.25, 0.3) is 0 Å². The average molecular weight is 389 g/mol. The number of carbonyl (C=O) groups excluding carboxylic acids is 1. The van der Waals surface area contributed by atoms with E-state index in [2.05, 4.69) is 10.3 Å². The van der Waals surface area contributed by atoms with Gasteiger partial charge in [-0.1, -0.05) is 0 Å². The normalized spacial score (nSPS) is 31.3. The van der Waals surface area contributed by atoms with E-state index in [1.54, 1.807) is 6.92 Å². The predicted octanol–water partition coefficient (Wildman–Crippen LogP) is 0.855. The molecule has 7 nitrogen and oxygen atoms in total. The third-order valence-corrected chi connectivity index (χ3v) is 6.78. The number of amides is 1. The van der Waals surface area contributed by atoms with Crippen molar-refractivity contribution in [2.45, 2.75) is 69.6 Å². The van der Waals surface area contributed by atoms with E-state index in [1.165, 1.54) is 12.8 Å². The number of nitrogens with one attached hydrogen (secondary N) is 1. The molecule has 1 saturated heterocycles. The standard InChI is InChI=1S/C21H32N4O3/c1-13(27)25-8-5-15(6-9-25)23-19-11-20(28)18(12-26)17(19)10-16-4-7-22-21(24-16)14-2-3-14/h4,7,14-15,17-20,23,26,28H,2-3,5-6,8-12H2,1H3. The van der Waals surface area contributed by atoms with Gasteiger partial charge in [-0.05, 0) is 50.5 Å². The van der Waals surface area contributed by atoms with Crippen LogP contribution in [0.4, 0.5) is 0 Å². The molecule has 1 aliphatic heterocycles. The van der Waals surface area contributed by atoms with Crippen molar-refractivity contribution in [2.24, 2.45) is 11.8 Å². The average Bonchev–Trinajstić information content (AvgIpc) is 3.49. The molecule has 4 atom stereocenters. The minimum Gasteiger partial charge on any atom is -0.396 e. The van der Waals surface area contributed by atoms with Crippen LogP contribution in [0.15, 0.2) is 12.3 Å². The van der Waals surface area contributed by atoms with Gasteiger partial charge in [-0.15, -0.1) is 0 Å². The molecule has 3 aliphatic rings. The molecule has 0 bridgehead atoms. The molecule has 4 rings (SSSR count). The highest BCUT2D eigenvalue weighted by Crippen LogP contribution is 2.39. The molecule has 1 amide bonds. The molecule has 154 valence electrons. The molecule has 0 aromatic carbocycles. The summed E-state index contributed by atoms with van der Waals surface area (Å²) in [5.74, 6) is 1.62. The first-order valence-corrected chi connectivity index (χ1v) is 10.7. The minimum absolute atomic E-state index is 0.00659. The van der Waals surface area contributed by atoms with Crippen LogP contribution >= 0.6 is 0 Å². The zero-order chi connectivity index (χ0) is 19.7. The maximum atomic E-state index is 11.5. The second kappa shape index (κ2) is 8.43. The van der Waals surface area contributed by atoms with Gasteiger partial charge < -0.3 is 20.4 Å². The third kappa shape index (κ3) is 4.36. The van der Waals surface area contributed by atoms with Crippen LogP contribution in [-0.2, 0) is 11.2 Å². The van der Waals surface area contributed by atoms with E-state index in [0.29, 0.717) is 18.4 Å². The Labute approximate surface area is 166 Å². The van der Waals surface area contributed by atoms with Crippen LogP contribution in [0.3, 0.4) is 0 Å². The van der Waals surface area contributed by atoms with Gasteiger partial charge in [0.25, 0.3) is 0 Å². The molecule has 3 fully saturated rings. The molecule has 0 radical (unpaired) electrons. The lowest BCUT2D eigenvalue weighted by molar-refractivity contribution is -0.129. The van der Waals surface area contributed by atoms with Gasteiger partial charge in [0, 0.05) is 62.4 Å². The first-order valence-electron chi connectivity index (χ1n) is 10.7. The zero-order valence-electron chi connectivity index (χ0n) is 16.6. The molecule has 3 N–H and O–H groups in total. The van der Waals surface area contributed by atoms with E-state index in [4.69, 9.17) is 4.98 Å². The Morgan fingerprint density at radius 3 is 2.64 bits per heavy atom. The van der Waals surface area contributed by atoms with Crippen LogP contribution in [0.1, 0.15) is 56.5 Å². The Balaban J connectivity index is 1.42. The summed E-state index contributed by atoms with van der Waals surface area (Å²) >= 11 is 0. The van der Waals surface area contributed by atoms with Gasteiger partial charge in [0.05, 0.1) is 6.10 Å². The van der Waals surface area contributed by atoms with E-state index in [-0.39, 0.29) is 30.4 Å². The summed E-state index contributed by atoms with van der Waals surface area (Å²) in [6.45, 7) is 3.19. The highest BCUT2D eigenvalue weighted by Gasteiger charge is 2.43. The number of aromatic nitrogens is 2. The van der Waals surface area contributed by atoms with Crippen molar-refractivity contribution in [1.82, 2.24) is 20.2 Å². The number of hydrogen-bond acceptors (Lipinski definition) is 6. The van der Waals surface area contributed by atoms with Crippen molar-refractivity contribution < 1.29 is 15.0 Å². The fraction of sp³-hybridized carbons (Fsp3) is 0.762. The van der Waals surface area contributed by atoms with E-state index in [1.807, 2.05) is 17.2 Å². The Bertz CT molecular complexity index is 688. The number of piperidine rings is 1. The first-order chi connectivity index (χ1) is 13.5. The molecule has 28 heavy (non-hydrogen) atoms. The lowest BCUT2D eigenvalue weighted by Crippen LogP contribution is -2.49. The number of aliphatic hydroxyl groups excluding tert-OH is 2. The highest BCUT2D eigenvalue weighted by atomic mass is 16.3. The number of nitrogens with zero attached hydrogens (tertiary/aromatic N) is 3. The summed E-state index contributed by atoms with van der Waals surface area (Å²) in [7, 11) is 0. The fourth-order valence-corrected chi connectivity index (χ4v) is 4.91. The second-order valence-corrected chi connectivity index (χ2v) is 8.75. The van der Waals surface area contributed by atoms with Crippen LogP contribution < -0.4 is 5.32 Å². The van der Waals surface area contributed by atoms with E-state index in [9.17, 15) is 15.0 Å². The number of hydrogen-bond donors (Lipinski definition) is 3. The van der Waals surface area contributed by atoms with Crippen LogP contribution in [0.5, 0.6) is 0 Å². The van der Waals surface area contributed by atoms with E-state index < -0.39 is 6.10 Å². The van der Waals surface area contributed by atoms with Crippen LogP contribution in [0.2, 0.25) is 0 Å². The summed E-state index contributed by atoms with van der Waals surface area (Å²) in [5.41, 5.74) is 1.01. The number of aliphatic hydroxyl groups is 2. The maximum Gasteiger partial charge on any atom is 0.219 e. The van der Waals surface area contributed by atoms with Gasteiger partial charge >= 0.3 is 0 Å². The zero-order valence-corrected chi connectivity index (χ0v) is 16.6. The molecule has 4 unspecified atom stereocenters. The van der Waals surface area contributed by atoms with Crippen LogP contribution in [0, 0.1) is 11.8 Å². The second-order valence-electron chi connectivity index (χ2n) is 8.75. The molecule has 1 aromatic rings. The van der Waals surface area contributed by atoms with Gasteiger partial charge in [0.2, 0.25) is 5.91 Å². The fourth-order valence-electron chi connectivity index (χ4n) is 4.91. The summed E-state index contributed by atoms with van der Waals surface area (Å²) in [6.07, 6.45) is 6.97. The lowest BCUT2D eigenvalue weighted by Gasteiger charge is -2.35. The summed E-state index contributed by atoms with van der Waals surface area (Å²) in [6, 6.07) is 2.47. The topological polar surface area (TPSA) is 98.6 Å². The predicted molar refractivity (Wildman–Crippen MR) is 105 cm³/mol. The van der Waals surface area contributed by atoms with Crippen molar-refractivity contribution in [3.05, 3.63) is 23.8 Å². The van der Waals surface area contributed by atoms with Crippen molar-refractivity contribution in [2.75, 3.05) is 19.7 Å². The quantitative estimate of drug-likeness (QED) is 0.668. The smallest absolute Gasteiger partial charge is 0.219 e. The molecular weight excluding hydrogens is 356 g/mol. The SMILES string of the molecule is CC(=O)N1CCC(NC2CC(O)C(CO)C2Cc2ccnc(C3CC3)n2)CC1. The Kier molecular flexibility index (Phi) is 5.94. The van der Waals surface area contributed by atoms with Crippen molar-refractivity contribution in [3.63, 3.8) is 0 Å². The molecular formula is C21H32N4O3. The Morgan fingerprint density at radius 2 is 2.00 bits per heavy atom. The Hall–Kier alpha value is -1.57. The molecule has 2 saturated carbocycles. The van der Waals surface area contributed by atoms with Gasteiger partial charge in [0.1, 0.15) is 5.82 Å². The van der Waals surface area contributed by atoms with Crippen molar-refractivity contribution in [3.8, 4) is 0 Å². The number of likely N-dealkylation sites (tertiary alicyclic amines) is 1. The van der Waals surface area contributed by atoms with Crippen LogP contribution in [-0.4, -0.2) is 68.9 Å². The number of rotatable bonds is 6. The molecule has 7 heteroatoms. The summed E-state index contributed by atoms with van der Waals surface area (Å²) < 4.78 is 0. The van der Waals surface area contributed by atoms with Crippen molar-refractivity contribution in [1.29, 1.82) is 0 Å². The van der Waals surface area contributed by atoms with Gasteiger partial charge in [-0.2, -0.15) is 0 Å². The lowest BCUT2D eigenvalue weighted by atomic mass is 9.88. The molecule has 2 heterocycles. The summed E-state index contributed by atoms with van der Waals surface area (Å²) in [5, 5.41) is 24.2. The maximum absolute atomic E-state index is 11.5. The first kappa shape index (κ1) is 19.7. The van der Waals surface area contributed by atoms with Gasteiger partial charge in [0.15, 0.2) is 0 Å². The molecule has 1 aromatic heterocycles.